The number of hydrogen-bond acceptors (Lipinski definition) is 3. The molecule has 2 unspecified atom stereocenters. The van der Waals surface area contributed by atoms with Crippen molar-refractivity contribution < 1.29 is 0 Å². The molecule has 2 atom stereocenters. The topological polar surface area (TPSA) is 29.3 Å². The molecule has 2 N–H and O–H groups in total. The second kappa shape index (κ2) is 6.38. The van der Waals surface area contributed by atoms with Gasteiger partial charge >= 0.3 is 0 Å². The lowest BCUT2D eigenvalue weighted by molar-refractivity contribution is 0.135. The number of nitrogens with two attached hydrogens (primary N) is 1. The first-order valence-electron chi connectivity index (χ1n) is 6.67. The first kappa shape index (κ1) is 13.6. The number of rotatable bonds is 2. The summed E-state index contributed by atoms with van der Waals surface area (Å²) in [5.41, 5.74) is 5.39. The molecule has 1 aliphatic rings. The number of likely N-dealkylation sites (tertiary alicyclic amines) is 1. The molecule has 1 fully saturated rings. The summed E-state index contributed by atoms with van der Waals surface area (Å²) in [4.78, 5) is 5.12. The Labute approximate surface area is 114 Å². The summed E-state index contributed by atoms with van der Waals surface area (Å²) < 4.78 is 0. The highest BCUT2D eigenvalue weighted by molar-refractivity contribution is 7.12. The molecule has 3 heteroatoms. The van der Waals surface area contributed by atoms with Crippen molar-refractivity contribution in [3.05, 3.63) is 21.9 Å². The van der Waals surface area contributed by atoms with Gasteiger partial charge in [0.1, 0.15) is 0 Å². The van der Waals surface area contributed by atoms with Gasteiger partial charge in [0.25, 0.3) is 0 Å². The van der Waals surface area contributed by atoms with E-state index in [0.29, 0.717) is 6.54 Å². The highest BCUT2D eigenvalue weighted by Gasteiger charge is 2.21. The van der Waals surface area contributed by atoms with Crippen molar-refractivity contribution in [2.45, 2.75) is 26.8 Å². The van der Waals surface area contributed by atoms with Crippen LogP contribution in [0.25, 0.3) is 0 Å². The zero-order chi connectivity index (χ0) is 13.0. The predicted octanol–water partition coefficient (Wildman–Crippen LogP) is 2.54. The zero-order valence-electron chi connectivity index (χ0n) is 11.3. The van der Waals surface area contributed by atoms with E-state index in [1.807, 2.05) is 0 Å². The van der Waals surface area contributed by atoms with Gasteiger partial charge in [0.15, 0.2) is 0 Å². The number of nitrogens with zero attached hydrogens (tertiary/aromatic N) is 1. The van der Waals surface area contributed by atoms with E-state index in [-0.39, 0.29) is 0 Å². The lowest BCUT2D eigenvalue weighted by Crippen LogP contribution is -2.37. The van der Waals surface area contributed by atoms with Crippen LogP contribution >= 0.6 is 11.3 Å². The molecule has 0 saturated carbocycles. The molecule has 0 spiro atoms. The Morgan fingerprint density at radius 3 is 2.72 bits per heavy atom. The summed E-state index contributed by atoms with van der Waals surface area (Å²) in [6.45, 7) is 8.68. The quantitative estimate of drug-likeness (QED) is 0.830. The molecule has 1 saturated heterocycles. The Morgan fingerprint density at radius 2 is 2.06 bits per heavy atom. The summed E-state index contributed by atoms with van der Waals surface area (Å²) in [6.07, 6.45) is 1.37. The van der Waals surface area contributed by atoms with E-state index in [1.54, 1.807) is 11.3 Å². The molecule has 98 valence electrons. The zero-order valence-corrected chi connectivity index (χ0v) is 12.1. The van der Waals surface area contributed by atoms with Crippen LogP contribution in [0.5, 0.6) is 0 Å². The van der Waals surface area contributed by atoms with Crippen LogP contribution in [-0.2, 0) is 6.54 Å². The fraction of sp³-hybridized carbons (Fsp3) is 0.600. The van der Waals surface area contributed by atoms with E-state index in [9.17, 15) is 0 Å². The van der Waals surface area contributed by atoms with Gasteiger partial charge in [-0.1, -0.05) is 25.7 Å². The Kier molecular flexibility index (Phi) is 4.82. The number of piperidine rings is 1. The van der Waals surface area contributed by atoms with Gasteiger partial charge in [-0.15, -0.1) is 11.3 Å². The van der Waals surface area contributed by atoms with Gasteiger partial charge in [-0.3, -0.25) is 4.90 Å². The lowest BCUT2D eigenvalue weighted by atomic mass is 9.92. The molecule has 0 amide bonds. The molecule has 0 aliphatic carbocycles. The summed E-state index contributed by atoms with van der Waals surface area (Å²) in [6, 6.07) is 4.31. The van der Waals surface area contributed by atoms with Crippen molar-refractivity contribution in [2.24, 2.45) is 17.6 Å². The van der Waals surface area contributed by atoms with Gasteiger partial charge in [-0.25, -0.2) is 0 Å². The molecule has 2 rings (SSSR count). The van der Waals surface area contributed by atoms with Gasteiger partial charge < -0.3 is 5.73 Å². The van der Waals surface area contributed by atoms with Crippen LogP contribution in [0.1, 0.15) is 30.0 Å². The maximum atomic E-state index is 5.39. The van der Waals surface area contributed by atoms with Gasteiger partial charge in [0, 0.05) is 24.5 Å². The standard InChI is InChI=1S/C15H22N2S/c1-12-8-13(2)10-17(9-12)11-15-6-5-14(18-15)4-3-7-16/h5-6,12-13H,7-11,16H2,1-2H3. The lowest BCUT2D eigenvalue weighted by Gasteiger charge is -2.34. The third-order valence-electron chi connectivity index (χ3n) is 3.30. The molecular formula is C15H22N2S. The van der Waals surface area contributed by atoms with Gasteiger partial charge in [-0.2, -0.15) is 0 Å². The molecular weight excluding hydrogens is 240 g/mol. The first-order valence-corrected chi connectivity index (χ1v) is 7.49. The van der Waals surface area contributed by atoms with Crippen LogP contribution in [-0.4, -0.2) is 24.5 Å². The van der Waals surface area contributed by atoms with E-state index in [1.165, 1.54) is 24.4 Å². The van der Waals surface area contributed by atoms with Crippen LogP contribution in [0.4, 0.5) is 0 Å². The third kappa shape index (κ3) is 3.84. The molecule has 18 heavy (non-hydrogen) atoms. The second-order valence-electron chi connectivity index (χ2n) is 5.41. The van der Waals surface area contributed by atoms with Crippen LogP contribution in [0, 0.1) is 23.7 Å². The average Bonchev–Trinajstić information content (AvgIpc) is 2.72. The first-order chi connectivity index (χ1) is 8.67. The Hall–Kier alpha value is -0.820. The molecule has 0 aromatic carbocycles. The van der Waals surface area contributed by atoms with E-state index >= 15 is 0 Å². The van der Waals surface area contributed by atoms with Crippen molar-refractivity contribution in [3.63, 3.8) is 0 Å². The second-order valence-corrected chi connectivity index (χ2v) is 6.58. The Bertz CT molecular complexity index is 431. The summed E-state index contributed by atoms with van der Waals surface area (Å²) >= 11 is 1.80. The summed E-state index contributed by atoms with van der Waals surface area (Å²) in [5.74, 6) is 7.66. The molecule has 2 nitrogen and oxygen atoms in total. The minimum Gasteiger partial charge on any atom is -0.320 e. The van der Waals surface area contributed by atoms with Gasteiger partial charge in [0.2, 0.25) is 0 Å². The maximum Gasteiger partial charge on any atom is 0.0772 e. The fourth-order valence-electron chi connectivity index (χ4n) is 2.81. The van der Waals surface area contributed by atoms with Crippen molar-refractivity contribution in [1.29, 1.82) is 0 Å². The molecule has 0 bridgehead atoms. The smallest absolute Gasteiger partial charge is 0.0772 e. The minimum atomic E-state index is 0.439. The molecule has 1 aromatic heterocycles. The number of hydrogen-bond donors (Lipinski definition) is 1. The fourth-order valence-corrected chi connectivity index (χ4v) is 3.73. The SMILES string of the molecule is CC1CC(C)CN(Cc2ccc(C#CCN)s2)C1. The van der Waals surface area contributed by atoms with Gasteiger partial charge in [-0.05, 0) is 30.4 Å². The van der Waals surface area contributed by atoms with Crippen molar-refractivity contribution in [1.82, 2.24) is 4.90 Å². The van der Waals surface area contributed by atoms with Gasteiger partial charge in [0.05, 0.1) is 11.4 Å². The van der Waals surface area contributed by atoms with Crippen LogP contribution in [0.3, 0.4) is 0 Å². The van der Waals surface area contributed by atoms with E-state index < -0.39 is 0 Å². The Balaban J connectivity index is 1.94. The normalized spacial score (nSPS) is 24.6. The average molecular weight is 262 g/mol. The maximum absolute atomic E-state index is 5.39. The van der Waals surface area contributed by atoms with E-state index in [4.69, 9.17) is 5.73 Å². The van der Waals surface area contributed by atoms with Crippen LogP contribution in [0.2, 0.25) is 0 Å². The largest absolute Gasteiger partial charge is 0.320 e. The molecule has 0 radical (unpaired) electrons. The van der Waals surface area contributed by atoms with Crippen molar-refractivity contribution in [2.75, 3.05) is 19.6 Å². The monoisotopic (exact) mass is 262 g/mol. The molecule has 1 aliphatic heterocycles. The highest BCUT2D eigenvalue weighted by atomic mass is 32.1. The Morgan fingerprint density at radius 1 is 1.33 bits per heavy atom. The highest BCUT2D eigenvalue weighted by Crippen LogP contribution is 2.24. The molecule has 1 aromatic rings. The summed E-state index contributed by atoms with van der Waals surface area (Å²) in [7, 11) is 0. The molecule has 2 heterocycles. The van der Waals surface area contributed by atoms with Crippen molar-refractivity contribution >= 4 is 11.3 Å². The van der Waals surface area contributed by atoms with E-state index in [0.717, 1.165) is 23.3 Å². The third-order valence-corrected chi connectivity index (χ3v) is 4.28. The predicted molar refractivity (Wildman–Crippen MR) is 78.5 cm³/mol. The summed E-state index contributed by atoms with van der Waals surface area (Å²) in [5, 5.41) is 0. The van der Waals surface area contributed by atoms with E-state index in [2.05, 4.69) is 42.7 Å². The van der Waals surface area contributed by atoms with Crippen LogP contribution < -0.4 is 5.73 Å². The minimum absolute atomic E-state index is 0.439. The van der Waals surface area contributed by atoms with Crippen LogP contribution in [0.15, 0.2) is 12.1 Å². The number of thiophene rings is 1. The van der Waals surface area contributed by atoms with Crippen molar-refractivity contribution in [3.8, 4) is 11.8 Å².